The summed E-state index contributed by atoms with van der Waals surface area (Å²) in [5, 5.41) is 10.5. The number of benzene rings is 2. The van der Waals surface area contributed by atoms with Crippen LogP contribution in [0.25, 0.3) is 0 Å². The summed E-state index contributed by atoms with van der Waals surface area (Å²) in [6.45, 7) is 6.47. The van der Waals surface area contributed by atoms with Crippen LogP contribution in [-0.4, -0.2) is 29.3 Å². The molecule has 0 bridgehead atoms. The van der Waals surface area contributed by atoms with E-state index in [0.29, 0.717) is 26.2 Å². The minimum Gasteiger partial charge on any atom is -0.467 e. The lowest BCUT2D eigenvalue weighted by Gasteiger charge is -2.26. The van der Waals surface area contributed by atoms with Crippen molar-refractivity contribution in [3.05, 3.63) is 94.7 Å². The molecule has 0 saturated carbocycles. The third kappa shape index (κ3) is 6.82. The Kier molecular flexibility index (Phi) is 7.58. The molecule has 0 amide bonds. The number of furan rings is 1. The van der Waals surface area contributed by atoms with Crippen molar-refractivity contribution in [3.63, 3.8) is 0 Å². The molecular weight excluding hydrogens is 369 g/mol. The highest BCUT2D eigenvalue weighted by Gasteiger charge is 2.15. The van der Waals surface area contributed by atoms with Gasteiger partial charge in [0.05, 0.1) is 19.0 Å². The van der Waals surface area contributed by atoms with Crippen LogP contribution < -0.4 is 0 Å². The predicted molar refractivity (Wildman–Crippen MR) is 111 cm³/mol. The number of aliphatic hydroxyl groups is 1. The summed E-state index contributed by atoms with van der Waals surface area (Å²) in [6, 6.07) is 16.5. The van der Waals surface area contributed by atoms with Crippen LogP contribution in [0.3, 0.4) is 0 Å². The van der Waals surface area contributed by atoms with Gasteiger partial charge in [0.1, 0.15) is 18.2 Å². The lowest BCUT2D eigenvalue weighted by Crippen LogP contribution is -2.34. The van der Waals surface area contributed by atoms with E-state index in [1.807, 2.05) is 12.1 Å². The summed E-state index contributed by atoms with van der Waals surface area (Å²) < 4.78 is 24.1. The predicted octanol–water partition coefficient (Wildman–Crippen LogP) is 4.62. The Bertz CT molecular complexity index is 878. The fourth-order valence-corrected chi connectivity index (χ4v) is 3.29. The molecule has 29 heavy (non-hydrogen) atoms. The van der Waals surface area contributed by atoms with Crippen LogP contribution in [0.1, 0.15) is 28.0 Å². The normalized spacial score (nSPS) is 12.4. The van der Waals surface area contributed by atoms with E-state index in [1.165, 1.54) is 28.8 Å². The number of nitrogens with zero attached hydrogens (tertiary/aromatic N) is 1. The van der Waals surface area contributed by atoms with Crippen molar-refractivity contribution in [1.82, 2.24) is 4.90 Å². The number of aliphatic hydroxyl groups excluding tert-OH is 1. The quantitative estimate of drug-likeness (QED) is 0.542. The lowest BCUT2D eigenvalue weighted by molar-refractivity contribution is 0.00250. The van der Waals surface area contributed by atoms with E-state index in [4.69, 9.17) is 9.15 Å². The van der Waals surface area contributed by atoms with Crippen molar-refractivity contribution in [2.24, 2.45) is 0 Å². The molecular formula is C24H28FNO3. The Morgan fingerprint density at radius 2 is 1.86 bits per heavy atom. The maximum Gasteiger partial charge on any atom is 0.129 e. The zero-order valence-electron chi connectivity index (χ0n) is 17.0. The van der Waals surface area contributed by atoms with Gasteiger partial charge >= 0.3 is 0 Å². The number of rotatable bonds is 10. The van der Waals surface area contributed by atoms with Gasteiger partial charge < -0.3 is 14.3 Å². The van der Waals surface area contributed by atoms with Gasteiger partial charge in [0.15, 0.2) is 0 Å². The van der Waals surface area contributed by atoms with E-state index in [0.717, 1.165) is 11.3 Å². The average molecular weight is 397 g/mol. The highest BCUT2D eigenvalue weighted by atomic mass is 19.1. The number of hydrogen-bond acceptors (Lipinski definition) is 4. The van der Waals surface area contributed by atoms with E-state index in [9.17, 15) is 9.50 Å². The van der Waals surface area contributed by atoms with Crippen molar-refractivity contribution in [2.75, 3.05) is 13.2 Å². The highest BCUT2D eigenvalue weighted by Crippen LogP contribution is 2.16. The van der Waals surface area contributed by atoms with E-state index in [2.05, 4.69) is 36.9 Å². The zero-order valence-corrected chi connectivity index (χ0v) is 17.0. The second-order valence-electron chi connectivity index (χ2n) is 7.47. The van der Waals surface area contributed by atoms with Gasteiger partial charge in [-0.15, -0.1) is 0 Å². The van der Waals surface area contributed by atoms with Gasteiger partial charge in [0, 0.05) is 19.6 Å². The van der Waals surface area contributed by atoms with Crippen molar-refractivity contribution >= 4 is 0 Å². The number of ether oxygens (including phenoxy) is 1. The molecule has 0 saturated heterocycles. The second-order valence-corrected chi connectivity index (χ2v) is 7.47. The molecule has 0 aliphatic heterocycles. The Morgan fingerprint density at radius 1 is 1.07 bits per heavy atom. The average Bonchev–Trinajstić information content (AvgIpc) is 3.20. The molecule has 3 rings (SSSR count). The standard InChI is InChI=1S/C24H28FNO3/c1-18-5-6-19(2)21(12-18)14-26(13-20-7-9-22(25)10-8-20)15-23(27)16-28-17-24-4-3-11-29-24/h3-12,23,27H,13-17H2,1-2H3/t23-/m1/s1. The van der Waals surface area contributed by atoms with Crippen molar-refractivity contribution in [2.45, 2.75) is 39.6 Å². The molecule has 3 aromatic rings. The molecule has 1 aromatic heterocycles. The van der Waals surface area contributed by atoms with Gasteiger partial charge in [0.25, 0.3) is 0 Å². The van der Waals surface area contributed by atoms with Gasteiger partial charge in [-0.05, 0) is 54.8 Å². The van der Waals surface area contributed by atoms with Crippen LogP contribution in [0.15, 0.2) is 65.3 Å². The summed E-state index contributed by atoms with van der Waals surface area (Å²) in [6.07, 6.45) is 0.958. The first-order valence-electron chi connectivity index (χ1n) is 9.80. The van der Waals surface area contributed by atoms with E-state index < -0.39 is 6.10 Å². The van der Waals surface area contributed by atoms with Gasteiger partial charge in [-0.25, -0.2) is 4.39 Å². The van der Waals surface area contributed by atoms with Gasteiger partial charge in [-0.3, -0.25) is 4.90 Å². The van der Waals surface area contributed by atoms with Crippen LogP contribution in [0.2, 0.25) is 0 Å². The first-order chi connectivity index (χ1) is 14.0. The Hall–Kier alpha value is -2.47. The molecule has 4 nitrogen and oxygen atoms in total. The van der Waals surface area contributed by atoms with Crippen LogP contribution in [0.4, 0.5) is 4.39 Å². The van der Waals surface area contributed by atoms with E-state index >= 15 is 0 Å². The Balaban J connectivity index is 1.64. The molecule has 0 fully saturated rings. The Morgan fingerprint density at radius 3 is 2.59 bits per heavy atom. The van der Waals surface area contributed by atoms with Crippen molar-refractivity contribution < 1.29 is 18.7 Å². The zero-order chi connectivity index (χ0) is 20.6. The third-order valence-corrected chi connectivity index (χ3v) is 4.82. The molecule has 1 N–H and O–H groups in total. The van der Waals surface area contributed by atoms with Crippen LogP contribution in [0.5, 0.6) is 0 Å². The molecule has 0 aliphatic carbocycles. The van der Waals surface area contributed by atoms with Gasteiger partial charge in [0.2, 0.25) is 0 Å². The fraction of sp³-hybridized carbons (Fsp3) is 0.333. The molecule has 0 aliphatic rings. The number of aryl methyl sites for hydroxylation is 2. The largest absolute Gasteiger partial charge is 0.467 e. The molecule has 154 valence electrons. The summed E-state index contributed by atoms with van der Waals surface area (Å²) in [7, 11) is 0. The smallest absolute Gasteiger partial charge is 0.129 e. The van der Waals surface area contributed by atoms with E-state index in [-0.39, 0.29) is 12.4 Å². The molecule has 0 radical (unpaired) electrons. The summed E-state index contributed by atoms with van der Waals surface area (Å²) in [5.74, 6) is 0.483. The third-order valence-electron chi connectivity index (χ3n) is 4.82. The molecule has 5 heteroatoms. The maximum absolute atomic E-state index is 13.3. The first-order valence-corrected chi connectivity index (χ1v) is 9.80. The lowest BCUT2D eigenvalue weighted by atomic mass is 10.0. The number of hydrogen-bond donors (Lipinski definition) is 1. The number of halogens is 1. The topological polar surface area (TPSA) is 45.8 Å². The van der Waals surface area contributed by atoms with Crippen LogP contribution in [-0.2, 0) is 24.4 Å². The Labute approximate surface area is 171 Å². The van der Waals surface area contributed by atoms with Crippen LogP contribution in [0, 0.1) is 19.7 Å². The highest BCUT2D eigenvalue weighted by molar-refractivity contribution is 5.30. The summed E-state index contributed by atoms with van der Waals surface area (Å²) >= 11 is 0. The van der Waals surface area contributed by atoms with Crippen molar-refractivity contribution in [1.29, 1.82) is 0 Å². The minimum atomic E-state index is -0.643. The van der Waals surface area contributed by atoms with Crippen LogP contribution >= 0.6 is 0 Å². The van der Waals surface area contributed by atoms with Gasteiger partial charge in [-0.1, -0.05) is 35.9 Å². The summed E-state index contributed by atoms with van der Waals surface area (Å²) in [4.78, 5) is 2.16. The molecule has 0 unspecified atom stereocenters. The SMILES string of the molecule is Cc1ccc(C)c(CN(Cc2ccc(F)cc2)C[C@@H](O)COCc2ccco2)c1. The molecule has 1 atom stereocenters. The molecule has 0 spiro atoms. The monoisotopic (exact) mass is 397 g/mol. The molecule has 1 heterocycles. The van der Waals surface area contributed by atoms with E-state index in [1.54, 1.807) is 18.4 Å². The van der Waals surface area contributed by atoms with Crippen molar-refractivity contribution in [3.8, 4) is 0 Å². The fourth-order valence-electron chi connectivity index (χ4n) is 3.29. The molecule has 2 aromatic carbocycles. The van der Waals surface area contributed by atoms with Gasteiger partial charge in [-0.2, -0.15) is 0 Å². The maximum atomic E-state index is 13.3. The second kappa shape index (κ2) is 10.3. The minimum absolute atomic E-state index is 0.216. The summed E-state index contributed by atoms with van der Waals surface area (Å²) in [5.41, 5.74) is 4.63. The first kappa shape index (κ1) is 21.2.